The number of allylic oxidation sites excluding steroid dienone is 11. The quantitative estimate of drug-likeness (QED) is 0.133. The van der Waals surface area contributed by atoms with E-state index in [4.69, 9.17) is 0 Å². The zero-order valence-corrected chi connectivity index (χ0v) is 22.4. The van der Waals surface area contributed by atoms with Gasteiger partial charge in [-0.15, -0.1) is 6.58 Å². The maximum absolute atomic E-state index is 4.58. The molecule has 0 saturated heterocycles. The molecule has 0 heteroatoms. The van der Waals surface area contributed by atoms with Crippen LogP contribution in [0.5, 0.6) is 0 Å². The molecule has 0 aromatic carbocycles. The Labute approximate surface area is 212 Å². The van der Waals surface area contributed by atoms with Crippen LogP contribution in [0.1, 0.15) is 122 Å². The van der Waals surface area contributed by atoms with Crippen molar-refractivity contribution < 1.29 is 0 Å². The molecule has 0 atom stereocenters. The predicted molar refractivity (Wildman–Crippen MR) is 154 cm³/mol. The summed E-state index contributed by atoms with van der Waals surface area (Å²) in [6.45, 7) is 15.3. The van der Waals surface area contributed by atoms with E-state index in [1.807, 2.05) is 0 Å². The highest BCUT2D eigenvalue weighted by Crippen LogP contribution is 2.33. The zero-order valence-electron chi connectivity index (χ0n) is 22.4. The average molecular weight is 461 g/mol. The summed E-state index contributed by atoms with van der Waals surface area (Å²) in [7, 11) is 0. The SMILES string of the molecule is C=C(C)CCCCCCCCCCC(C(=C)CCC1=CCCC=C1)C(=C)CCC1=CCCC=C1. The third-order valence-corrected chi connectivity index (χ3v) is 7.45. The summed E-state index contributed by atoms with van der Waals surface area (Å²) in [5.74, 6) is 0.489. The van der Waals surface area contributed by atoms with Crippen molar-refractivity contribution in [3.63, 3.8) is 0 Å². The second kappa shape index (κ2) is 17.6. The standard InChI is InChI=1S/C34H52/c1-29(2)19-13-9-7-5-6-8-10-18-24-34(30(3)25-27-32-20-14-11-15-21-32)31(4)26-28-33-22-16-12-17-23-33/h14,16,20-23,34H,1,3-13,15,17-19,24-28H2,2H3. The van der Waals surface area contributed by atoms with E-state index in [1.165, 1.54) is 118 Å². The van der Waals surface area contributed by atoms with E-state index < -0.39 is 0 Å². The van der Waals surface area contributed by atoms with Gasteiger partial charge in [0.2, 0.25) is 0 Å². The predicted octanol–water partition coefficient (Wildman–Crippen LogP) is 11.3. The fourth-order valence-corrected chi connectivity index (χ4v) is 5.20. The van der Waals surface area contributed by atoms with Crippen LogP contribution in [0.3, 0.4) is 0 Å². The van der Waals surface area contributed by atoms with Crippen molar-refractivity contribution in [3.05, 3.63) is 84.1 Å². The van der Waals surface area contributed by atoms with Crippen LogP contribution in [-0.2, 0) is 0 Å². The van der Waals surface area contributed by atoms with Gasteiger partial charge in [-0.05, 0) is 77.6 Å². The molecule has 0 heterocycles. The van der Waals surface area contributed by atoms with Gasteiger partial charge in [-0.1, -0.05) is 122 Å². The lowest BCUT2D eigenvalue weighted by molar-refractivity contribution is 0.516. The highest BCUT2D eigenvalue weighted by atomic mass is 14.2. The molecule has 0 radical (unpaired) electrons. The van der Waals surface area contributed by atoms with E-state index in [1.54, 1.807) is 0 Å². The molecule has 0 nitrogen and oxygen atoms in total. The minimum Gasteiger partial charge on any atom is -0.100 e. The Hall–Kier alpha value is -1.82. The molecule has 188 valence electrons. The van der Waals surface area contributed by atoms with E-state index in [2.05, 4.69) is 63.1 Å². The van der Waals surface area contributed by atoms with E-state index in [0.29, 0.717) is 5.92 Å². The Morgan fingerprint density at radius 3 is 1.56 bits per heavy atom. The normalized spacial score (nSPS) is 15.4. The maximum Gasteiger partial charge on any atom is 0.000177 e. The molecule has 0 amide bonds. The molecule has 34 heavy (non-hydrogen) atoms. The van der Waals surface area contributed by atoms with Gasteiger partial charge in [-0.2, -0.15) is 0 Å². The third kappa shape index (κ3) is 12.6. The number of hydrogen-bond donors (Lipinski definition) is 0. The molecular formula is C34H52. The third-order valence-electron chi connectivity index (χ3n) is 7.45. The van der Waals surface area contributed by atoms with Crippen LogP contribution in [0.25, 0.3) is 0 Å². The van der Waals surface area contributed by atoms with Crippen molar-refractivity contribution in [2.45, 2.75) is 122 Å². The Balaban J connectivity index is 1.72. The first kappa shape index (κ1) is 28.4. The van der Waals surface area contributed by atoms with Gasteiger partial charge in [0.25, 0.3) is 0 Å². The van der Waals surface area contributed by atoms with Crippen molar-refractivity contribution in [1.29, 1.82) is 0 Å². The van der Waals surface area contributed by atoms with Gasteiger partial charge in [0.15, 0.2) is 0 Å². The maximum atomic E-state index is 4.58. The highest BCUT2D eigenvalue weighted by Gasteiger charge is 2.17. The monoisotopic (exact) mass is 460 g/mol. The Morgan fingerprint density at radius 2 is 1.12 bits per heavy atom. The first-order valence-corrected chi connectivity index (χ1v) is 14.3. The smallest absolute Gasteiger partial charge is 0.000177 e. The molecule has 0 saturated carbocycles. The van der Waals surface area contributed by atoms with E-state index in [0.717, 1.165) is 25.7 Å². The van der Waals surface area contributed by atoms with Crippen LogP contribution in [-0.4, -0.2) is 0 Å². The van der Waals surface area contributed by atoms with Crippen molar-refractivity contribution >= 4 is 0 Å². The molecule has 0 aliphatic heterocycles. The Kier molecular flexibility index (Phi) is 14.7. The summed E-state index contributed by atoms with van der Waals surface area (Å²) in [5, 5.41) is 0. The summed E-state index contributed by atoms with van der Waals surface area (Å²) in [6.07, 6.45) is 36.7. The fraction of sp³-hybridized carbons (Fsp3) is 0.588. The van der Waals surface area contributed by atoms with E-state index in [9.17, 15) is 0 Å². The van der Waals surface area contributed by atoms with E-state index in [-0.39, 0.29) is 0 Å². The number of hydrogen-bond acceptors (Lipinski definition) is 0. The van der Waals surface area contributed by atoms with Crippen molar-refractivity contribution in [2.24, 2.45) is 5.92 Å². The fourth-order valence-electron chi connectivity index (χ4n) is 5.20. The lowest BCUT2D eigenvalue weighted by Gasteiger charge is -2.23. The van der Waals surface area contributed by atoms with Gasteiger partial charge >= 0.3 is 0 Å². The Morgan fingerprint density at radius 1 is 0.647 bits per heavy atom. The van der Waals surface area contributed by atoms with Crippen LogP contribution in [0.4, 0.5) is 0 Å². The average Bonchev–Trinajstić information content (AvgIpc) is 2.85. The summed E-state index contributed by atoms with van der Waals surface area (Å²) >= 11 is 0. The van der Waals surface area contributed by atoms with E-state index >= 15 is 0 Å². The van der Waals surface area contributed by atoms with Gasteiger partial charge in [-0.25, -0.2) is 0 Å². The topological polar surface area (TPSA) is 0 Å². The Bertz CT molecular complexity index is 703. The first-order valence-electron chi connectivity index (χ1n) is 14.3. The molecule has 0 aromatic rings. The molecule has 0 aromatic heterocycles. The summed E-state index contributed by atoms with van der Waals surface area (Å²) in [6, 6.07) is 0. The van der Waals surface area contributed by atoms with Crippen molar-refractivity contribution in [3.8, 4) is 0 Å². The zero-order chi connectivity index (χ0) is 24.4. The lowest BCUT2D eigenvalue weighted by atomic mass is 9.82. The van der Waals surface area contributed by atoms with Crippen LogP contribution in [0.2, 0.25) is 0 Å². The molecule has 2 rings (SSSR count). The molecular weight excluding hydrogens is 408 g/mol. The van der Waals surface area contributed by atoms with Crippen LogP contribution < -0.4 is 0 Å². The summed E-state index contributed by atoms with van der Waals surface area (Å²) < 4.78 is 0. The lowest BCUT2D eigenvalue weighted by Crippen LogP contribution is -2.08. The largest absolute Gasteiger partial charge is 0.100 e. The molecule has 2 aliphatic carbocycles. The molecule has 0 N–H and O–H groups in total. The van der Waals surface area contributed by atoms with Crippen LogP contribution in [0, 0.1) is 5.92 Å². The minimum atomic E-state index is 0.489. The molecule has 0 bridgehead atoms. The van der Waals surface area contributed by atoms with Gasteiger partial charge in [0, 0.05) is 5.92 Å². The second-order valence-electron chi connectivity index (χ2n) is 10.7. The van der Waals surface area contributed by atoms with Gasteiger partial charge in [0.05, 0.1) is 0 Å². The van der Waals surface area contributed by atoms with Crippen molar-refractivity contribution in [1.82, 2.24) is 0 Å². The van der Waals surface area contributed by atoms with Gasteiger partial charge in [0.1, 0.15) is 0 Å². The highest BCUT2D eigenvalue weighted by molar-refractivity contribution is 5.27. The van der Waals surface area contributed by atoms with Crippen LogP contribution in [0.15, 0.2) is 84.1 Å². The minimum absolute atomic E-state index is 0.489. The van der Waals surface area contributed by atoms with Gasteiger partial charge < -0.3 is 0 Å². The molecule has 2 aliphatic rings. The summed E-state index contributed by atoms with van der Waals surface area (Å²) in [4.78, 5) is 0. The molecule has 0 fully saturated rings. The number of unbranched alkanes of at least 4 members (excludes halogenated alkanes) is 7. The van der Waals surface area contributed by atoms with Crippen molar-refractivity contribution in [2.75, 3.05) is 0 Å². The molecule has 0 spiro atoms. The van der Waals surface area contributed by atoms with Crippen LogP contribution >= 0.6 is 0 Å². The van der Waals surface area contributed by atoms with Gasteiger partial charge in [-0.3, -0.25) is 0 Å². The molecule has 0 unspecified atom stereocenters. The summed E-state index contributed by atoms with van der Waals surface area (Å²) in [5.41, 5.74) is 7.15. The second-order valence-corrected chi connectivity index (χ2v) is 10.7. The number of rotatable bonds is 19. The first-order chi connectivity index (χ1) is 16.6.